The fourth-order valence-corrected chi connectivity index (χ4v) is 2.78. The molecule has 19 heavy (non-hydrogen) atoms. The average molecular weight is 260 g/mol. The van der Waals surface area contributed by atoms with Gasteiger partial charge in [-0.1, -0.05) is 30.3 Å². The highest BCUT2D eigenvalue weighted by Gasteiger charge is 2.25. The number of nitrogens with zero attached hydrogens (tertiary/aromatic N) is 1. The predicted molar refractivity (Wildman–Crippen MR) is 77.2 cm³/mol. The van der Waals surface area contributed by atoms with Gasteiger partial charge in [-0.3, -0.25) is 4.90 Å². The van der Waals surface area contributed by atoms with Crippen molar-refractivity contribution in [1.82, 2.24) is 10.2 Å². The SMILES string of the molecule is c1ccc(C(CNC2CC2)N2CCCOCC2)cc1. The topological polar surface area (TPSA) is 24.5 Å². The van der Waals surface area contributed by atoms with Gasteiger partial charge in [-0.15, -0.1) is 0 Å². The van der Waals surface area contributed by atoms with Gasteiger partial charge < -0.3 is 10.1 Å². The lowest BCUT2D eigenvalue weighted by Gasteiger charge is -2.31. The molecule has 1 aliphatic carbocycles. The summed E-state index contributed by atoms with van der Waals surface area (Å²) in [6, 6.07) is 12.2. The Morgan fingerprint density at radius 2 is 2.00 bits per heavy atom. The lowest BCUT2D eigenvalue weighted by atomic mass is 10.0. The van der Waals surface area contributed by atoms with Crippen LogP contribution in [0.2, 0.25) is 0 Å². The molecule has 1 aromatic rings. The van der Waals surface area contributed by atoms with Gasteiger partial charge in [-0.05, 0) is 24.8 Å². The van der Waals surface area contributed by atoms with Crippen molar-refractivity contribution in [3.8, 4) is 0 Å². The molecule has 1 heterocycles. The van der Waals surface area contributed by atoms with E-state index in [-0.39, 0.29) is 0 Å². The Morgan fingerprint density at radius 1 is 1.16 bits per heavy atom. The summed E-state index contributed by atoms with van der Waals surface area (Å²) in [6.07, 6.45) is 3.85. The molecule has 1 atom stereocenters. The van der Waals surface area contributed by atoms with Crippen LogP contribution in [0.1, 0.15) is 30.9 Å². The summed E-state index contributed by atoms with van der Waals surface area (Å²) < 4.78 is 5.59. The van der Waals surface area contributed by atoms with E-state index in [0.29, 0.717) is 6.04 Å². The molecule has 0 aromatic heterocycles. The standard InChI is InChI=1S/C16H24N2O/c1-2-5-14(6-3-1)16(13-17-15-7-8-15)18-9-4-11-19-12-10-18/h1-3,5-6,15-17H,4,7-13H2. The minimum atomic E-state index is 0.489. The molecule has 3 nitrogen and oxygen atoms in total. The molecule has 3 heteroatoms. The highest BCUT2D eigenvalue weighted by molar-refractivity contribution is 5.19. The summed E-state index contributed by atoms with van der Waals surface area (Å²) in [5.74, 6) is 0. The first-order valence-corrected chi connectivity index (χ1v) is 7.53. The minimum Gasteiger partial charge on any atom is -0.380 e. The zero-order valence-electron chi connectivity index (χ0n) is 11.6. The van der Waals surface area contributed by atoms with Crippen molar-refractivity contribution in [3.63, 3.8) is 0 Å². The van der Waals surface area contributed by atoms with Crippen molar-refractivity contribution in [2.24, 2.45) is 0 Å². The molecule has 1 unspecified atom stereocenters. The second-order valence-electron chi connectivity index (χ2n) is 5.61. The number of benzene rings is 1. The first kappa shape index (κ1) is 13.1. The molecular weight excluding hydrogens is 236 g/mol. The highest BCUT2D eigenvalue weighted by Crippen LogP contribution is 2.24. The molecule has 0 bridgehead atoms. The lowest BCUT2D eigenvalue weighted by molar-refractivity contribution is 0.131. The van der Waals surface area contributed by atoms with E-state index in [1.165, 1.54) is 18.4 Å². The van der Waals surface area contributed by atoms with Gasteiger partial charge in [-0.2, -0.15) is 0 Å². The molecule has 2 aliphatic rings. The van der Waals surface area contributed by atoms with Crippen molar-refractivity contribution in [3.05, 3.63) is 35.9 Å². The van der Waals surface area contributed by atoms with Crippen LogP contribution in [0.3, 0.4) is 0 Å². The van der Waals surface area contributed by atoms with E-state index < -0.39 is 0 Å². The van der Waals surface area contributed by atoms with E-state index in [1.54, 1.807) is 0 Å². The van der Waals surface area contributed by atoms with Gasteiger partial charge in [0, 0.05) is 38.3 Å². The number of nitrogens with one attached hydrogen (secondary N) is 1. The summed E-state index contributed by atoms with van der Waals surface area (Å²) in [6.45, 7) is 5.04. The van der Waals surface area contributed by atoms with E-state index in [2.05, 4.69) is 40.5 Å². The monoisotopic (exact) mass is 260 g/mol. The number of hydrogen-bond donors (Lipinski definition) is 1. The van der Waals surface area contributed by atoms with Gasteiger partial charge in [0.15, 0.2) is 0 Å². The Balaban J connectivity index is 1.69. The summed E-state index contributed by atoms with van der Waals surface area (Å²) in [7, 11) is 0. The van der Waals surface area contributed by atoms with Gasteiger partial charge in [0.25, 0.3) is 0 Å². The number of rotatable bonds is 5. The highest BCUT2D eigenvalue weighted by atomic mass is 16.5. The van der Waals surface area contributed by atoms with Crippen LogP contribution in [-0.4, -0.2) is 43.8 Å². The van der Waals surface area contributed by atoms with Crippen LogP contribution >= 0.6 is 0 Å². The van der Waals surface area contributed by atoms with Gasteiger partial charge >= 0.3 is 0 Å². The average Bonchev–Trinajstić information content (AvgIpc) is 3.27. The first-order valence-electron chi connectivity index (χ1n) is 7.53. The number of hydrogen-bond acceptors (Lipinski definition) is 3. The summed E-state index contributed by atoms with van der Waals surface area (Å²) >= 11 is 0. The molecule has 3 rings (SSSR count). The fourth-order valence-electron chi connectivity index (χ4n) is 2.78. The predicted octanol–water partition coefficient (Wildman–Crippen LogP) is 2.20. The second kappa shape index (κ2) is 6.51. The van der Waals surface area contributed by atoms with Gasteiger partial charge in [-0.25, -0.2) is 0 Å². The third-order valence-corrected chi connectivity index (χ3v) is 4.06. The van der Waals surface area contributed by atoms with Crippen LogP contribution in [0.4, 0.5) is 0 Å². The fraction of sp³-hybridized carbons (Fsp3) is 0.625. The molecule has 1 aliphatic heterocycles. The maximum absolute atomic E-state index is 5.59. The van der Waals surface area contributed by atoms with Crippen LogP contribution in [0, 0.1) is 0 Å². The molecule has 104 valence electrons. The molecule has 1 aromatic carbocycles. The Hall–Kier alpha value is -0.900. The molecule has 0 spiro atoms. The van der Waals surface area contributed by atoms with Crippen LogP contribution in [0.15, 0.2) is 30.3 Å². The second-order valence-corrected chi connectivity index (χ2v) is 5.61. The zero-order valence-corrected chi connectivity index (χ0v) is 11.6. The van der Waals surface area contributed by atoms with E-state index >= 15 is 0 Å². The third kappa shape index (κ3) is 3.78. The maximum atomic E-state index is 5.59. The van der Waals surface area contributed by atoms with Crippen LogP contribution in [0.25, 0.3) is 0 Å². The Labute approximate surface area is 115 Å². The minimum absolute atomic E-state index is 0.489. The maximum Gasteiger partial charge on any atom is 0.0593 e. The number of ether oxygens (including phenoxy) is 1. The Morgan fingerprint density at radius 3 is 2.79 bits per heavy atom. The lowest BCUT2D eigenvalue weighted by Crippen LogP contribution is -2.38. The quantitative estimate of drug-likeness (QED) is 0.878. The van der Waals surface area contributed by atoms with Crippen LogP contribution < -0.4 is 5.32 Å². The van der Waals surface area contributed by atoms with Gasteiger partial charge in [0.05, 0.1) is 6.61 Å². The van der Waals surface area contributed by atoms with Crippen molar-refractivity contribution >= 4 is 0 Å². The van der Waals surface area contributed by atoms with Crippen molar-refractivity contribution in [1.29, 1.82) is 0 Å². The van der Waals surface area contributed by atoms with Crippen LogP contribution in [0.5, 0.6) is 0 Å². The molecule has 0 radical (unpaired) electrons. The molecule has 1 N–H and O–H groups in total. The van der Waals surface area contributed by atoms with Crippen LogP contribution in [-0.2, 0) is 4.74 Å². The smallest absolute Gasteiger partial charge is 0.0593 e. The van der Waals surface area contributed by atoms with Crippen molar-refractivity contribution in [2.45, 2.75) is 31.3 Å². The third-order valence-electron chi connectivity index (χ3n) is 4.06. The van der Waals surface area contributed by atoms with Gasteiger partial charge in [0.1, 0.15) is 0 Å². The Bertz CT molecular complexity index is 370. The van der Waals surface area contributed by atoms with E-state index in [4.69, 9.17) is 4.74 Å². The summed E-state index contributed by atoms with van der Waals surface area (Å²) in [5.41, 5.74) is 1.43. The van der Waals surface area contributed by atoms with Gasteiger partial charge in [0.2, 0.25) is 0 Å². The van der Waals surface area contributed by atoms with E-state index in [1.807, 2.05) is 0 Å². The molecule has 1 saturated heterocycles. The zero-order chi connectivity index (χ0) is 12.9. The molecule has 0 amide bonds. The van der Waals surface area contributed by atoms with Crippen molar-refractivity contribution in [2.75, 3.05) is 32.8 Å². The van der Waals surface area contributed by atoms with Crippen molar-refractivity contribution < 1.29 is 4.74 Å². The normalized spacial score (nSPS) is 22.9. The molecule has 1 saturated carbocycles. The first-order chi connectivity index (χ1) is 9.43. The largest absolute Gasteiger partial charge is 0.380 e. The van der Waals surface area contributed by atoms with E-state index in [0.717, 1.165) is 45.3 Å². The summed E-state index contributed by atoms with van der Waals surface area (Å²) in [4.78, 5) is 2.58. The Kier molecular flexibility index (Phi) is 4.49. The molecule has 2 fully saturated rings. The van der Waals surface area contributed by atoms with E-state index in [9.17, 15) is 0 Å². The summed E-state index contributed by atoms with van der Waals surface area (Å²) in [5, 5.41) is 3.69. The molecular formula is C16H24N2O.